The molecule has 1 unspecified atom stereocenters. The van der Waals surface area contributed by atoms with E-state index in [0.717, 1.165) is 42.8 Å². The van der Waals surface area contributed by atoms with Crippen LogP contribution in [0, 0.1) is 6.92 Å². The van der Waals surface area contributed by atoms with Crippen molar-refractivity contribution in [2.24, 2.45) is 0 Å². The van der Waals surface area contributed by atoms with Crippen LogP contribution in [0.25, 0.3) is 0 Å². The van der Waals surface area contributed by atoms with Gasteiger partial charge < -0.3 is 0 Å². The molecule has 0 radical (unpaired) electrons. The summed E-state index contributed by atoms with van der Waals surface area (Å²) in [5.41, 5.74) is 2.34. The van der Waals surface area contributed by atoms with E-state index in [1.54, 1.807) is 0 Å². The Hall–Kier alpha value is -0.0600. The molecule has 2 rings (SSSR count). The van der Waals surface area contributed by atoms with Gasteiger partial charge in [0.05, 0.1) is 15.9 Å². The predicted molar refractivity (Wildman–Crippen MR) is 69.9 cm³/mol. The van der Waals surface area contributed by atoms with Gasteiger partial charge >= 0.3 is 0 Å². The standard InChI is InChI=1S/C11H17BrClN3/c1-3-16-10(11(12)8(2)14-16)7-15-5-4-9(13)6-15/h9H,3-7H2,1-2H3. The van der Waals surface area contributed by atoms with Gasteiger partial charge in [-0.15, -0.1) is 11.6 Å². The lowest BCUT2D eigenvalue weighted by Gasteiger charge is -2.15. The Kier molecular flexibility index (Phi) is 3.93. The third kappa shape index (κ3) is 2.44. The Morgan fingerprint density at radius 1 is 1.56 bits per heavy atom. The molecule has 16 heavy (non-hydrogen) atoms. The first kappa shape index (κ1) is 12.4. The summed E-state index contributed by atoms with van der Waals surface area (Å²) in [6, 6.07) is 0. The van der Waals surface area contributed by atoms with Crippen molar-refractivity contribution in [3.8, 4) is 0 Å². The molecule has 0 spiro atoms. The molecule has 1 aromatic rings. The zero-order chi connectivity index (χ0) is 11.7. The average Bonchev–Trinajstić information content (AvgIpc) is 2.77. The zero-order valence-corrected chi connectivity index (χ0v) is 12.1. The van der Waals surface area contributed by atoms with Crippen LogP contribution in [0.3, 0.4) is 0 Å². The average molecular weight is 307 g/mol. The minimum atomic E-state index is 0.317. The van der Waals surface area contributed by atoms with E-state index in [0.29, 0.717) is 5.38 Å². The molecule has 3 nitrogen and oxygen atoms in total. The lowest BCUT2D eigenvalue weighted by molar-refractivity contribution is 0.318. The fourth-order valence-electron chi connectivity index (χ4n) is 2.16. The second kappa shape index (κ2) is 5.07. The number of alkyl halides is 1. The number of halogens is 2. The summed E-state index contributed by atoms with van der Waals surface area (Å²) < 4.78 is 3.22. The molecule has 1 aliphatic heterocycles. The number of aromatic nitrogens is 2. The molecule has 1 fully saturated rings. The Morgan fingerprint density at radius 3 is 2.88 bits per heavy atom. The smallest absolute Gasteiger partial charge is 0.0739 e. The molecule has 0 bridgehead atoms. The van der Waals surface area contributed by atoms with Crippen LogP contribution in [-0.4, -0.2) is 33.1 Å². The van der Waals surface area contributed by atoms with Crippen molar-refractivity contribution in [3.63, 3.8) is 0 Å². The van der Waals surface area contributed by atoms with Gasteiger partial charge in [-0.05, 0) is 36.2 Å². The number of nitrogens with zero attached hydrogens (tertiary/aromatic N) is 3. The summed E-state index contributed by atoms with van der Waals surface area (Å²) in [5, 5.41) is 4.82. The topological polar surface area (TPSA) is 21.1 Å². The van der Waals surface area contributed by atoms with Crippen LogP contribution in [-0.2, 0) is 13.1 Å². The highest BCUT2D eigenvalue weighted by molar-refractivity contribution is 9.10. The number of rotatable bonds is 3. The van der Waals surface area contributed by atoms with E-state index in [9.17, 15) is 0 Å². The first-order valence-corrected chi connectivity index (χ1v) is 6.93. The highest BCUT2D eigenvalue weighted by atomic mass is 79.9. The molecular weight excluding hydrogens is 289 g/mol. The normalized spacial score (nSPS) is 21.9. The van der Waals surface area contributed by atoms with E-state index in [1.807, 2.05) is 6.92 Å². The molecule has 0 aliphatic carbocycles. The van der Waals surface area contributed by atoms with E-state index in [4.69, 9.17) is 11.6 Å². The fraction of sp³-hybridized carbons (Fsp3) is 0.727. The van der Waals surface area contributed by atoms with Crippen molar-refractivity contribution in [3.05, 3.63) is 15.9 Å². The van der Waals surface area contributed by atoms with E-state index in [1.165, 1.54) is 5.69 Å². The molecule has 0 aromatic carbocycles. The van der Waals surface area contributed by atoms with Gasteiger partial charge in [0.15, 0.2) is 0 Å². The van der Waals surface area contributed by atoms with Gasteiger partial charge in [0.2, 0.25) is 0 Å². The molecule has 1 atom stereocenters. The number of hydrogen-bond acceptors (Lipinski definition) is 2. The predicted octanol–water partition coefficient (Wildman–Crippen LogP) is 2.79. The molecule has 1 aliphatic rings. The molecule has 5 heteroatoms. The van der Waals surface area contributed by atoms with Crippen LogP contribution >= 0.6 is 27.5 Å². The molecule has 90 valence electrons. The third-order valence-electron chi connectivity index (χ3n) is 3.04. The van der Waals surface area contributed by atoms with Crippen molar-refractivity contribution in [1.82, 2.24) is 14.7 Å². The highest BCUT2D eigenvalue weighted by Crippen LogP contribution is 2.24. The molecular formula is C11H17BrClN3. The summed E-state index contributed by atoms with van der Waals surface area (Å²) >= 11 is 9.74. The lowest BCUT2D eigenvalue weighted by atomic mass is 10.3. The van der Waals surface area contributed by atoms with Gasteiger partial charge in [0.25, 0.3) is 0 Å². The van der Waals surface area contributed by atoms with Crippen molar-refractivity contribution >= 4 is 27.5 Å². The van der Waals surface area contributed by atoms with Crippen molar-refractivity contribution in [2.75, 3.05) is 13.1 Å². The van der Waals surface area contributed by atoms with Gasteiger partial charge in [0, 0.05) is 31.6 Å². The zero-order valence-electron chi connectivity index (χ0n) is 9.71. The molecule has 0 saturated carbocycles. The molecule has 1 aromatic heterocycles. The number of hydrogen-bond donors (Lipinski definition) is 0. The fourth-order valence-corrected chi connectivity index (χ4v) is 2.86. The minimum Gasteiger partial charge on any atom is -0.296 e. The first-order valence-electron chi connectivity index (χ1n) is 5.70. The maximum absolute atomic E-state index is 6.12. The van der Waals surface area contributed by atoms with Crippen molar-refractivity contribution in [1.29, 1.82) is 0 Å². The van der Waals surface area contributed by atoms with Crippen LogP contribution in [0.5, 0.6) is 0 Å². The van der Waals surface area contributed by atoms with Crippen LogP contribution < -0.4 is 0 Å². The van der Waals surface area contributed by atoms with Gasteiger partial charge in [-0.1, -0.05) is 0 Å². The molecule has 0 amide bonds. The van der Waals surface area contributed by atoms with E-state index < -0.39 is 0 Å². The van der Waals surface area contributed by atoms with Crippen molar-refractivity contribution in [2.45, 2.75) is 38.7 Å². The Labute approximate surface area is 110 Å². The van der Waals surface area contributed by atoms with Gasteiger partial charge in [-0.25, -0.2) is 0 Å². The molecule has 2 heterocycles. The van der Waals surface area contributed by atoms with E-state index in [-0.39, 0.29) is 0 Å². The quantitative estimate of drug-likeness (QED) is 0.801. The Morgan fingerprint density at radius 2 is 2.31 bits per heavy atom. The second-order valence-electron chi connectivity index (χ2n) is 4.28. The van der Waals surface area contributed by atoms with Crippen molar-refractivity contribution < 1.29 is 0 Å². The number of aryl methyl sites for hydroxylation is 2. The monoisotopic (exact) mass is 305 g/mol. The minimum absolute atomic E-state index is 0.317. The Balaban J connectivity index is 2.14. The SMILES string of the molecule is CCn1nc(C)c(Br)c1CN1CCC(Cl)C1. The summed E-state index contributed by atoms with van der Waals surface area (Å²) in [6.45, 7) is 8.10. The highest BCUT2D eigenvalue weighted by Gasteiger charge is 2.23. The maximum Gasteiger partial charge on any atom is 0.0739 e. The van der Waals surface area contributed by atoms with Crippen LogP contribution in [0.2, 0.25) is 0 Å². The summed E-state index contributed by atoms with van der Waals surface area (Å²) in [4.78, 5) is 2.39. The summed E-state index contributed by atoms with van der Waals surface area (Å²) in [5.74, 6) is 0. The molecule has 0 N–H and O–H groups in total. The van der Waals surface area contributed by atoms with E-state index in [2.05, 4.69) is 37.5 Å². The van der Waals surface area contributed by atoms with Gasteiger partial charge in [-0.3, -0.25) is 9.58 Å². The van der Waals surface area contributed by atoms with Gasteiger partial charge in [0.1, 0.15) is 0 Å². The molecule has 1 saturated heterocycles. The maximum atomic E-state index is 6.12. The van der Waals surface area contributed by atoms with E-state index >= 15 is 0 Å². The van der Waals surface area contributed by atoms with Gasteiger partial charge in [-0.2, -0.15) is 5.10 Å². The third-order valence-corrected chi connectivity index (χ3v) is 4.43. The van der Waals surface area contributed by atoms with Crippen LogP contribution in [0.4, 0.5) is 0 Å². The lowest BCUT2D eigenvalue weighted by Crippen LogP contribution is -2.22. The Bertz CT molecular complexity index is 378. The van der Waals surface area contributed by atoms with Crippen LogP contribution in [0.15, 0.2) is 4.47 Å². The summed E-state index contributed by atoms with van der Waals surface area (Å²) in [6.07, 6.45) is 1.10. The second-order valence-corrected chi connectivity index (χ2v) is 5.69. The summed E-state index contributed by atoms with van der Waals surface area (Å²) in [7, 11) is 0. The first-order chi connectivity index (χ1) is 7.61. The van der Waals surface area contributed by atoms with Crippen LogP contribution in [0.1, 0.15) is 24.7 Å². The number of likely N-dealkylation sites (tertiary alicyclic amines) is 1. The largest absolute Gasteiger partial charge is 0.296 e.